The molecule has 3 N–H and O–H groups in total. The van der Waals surface area contributed by atoms with Crippen molar-refractivity contribution in [2.45, 2.75) is 24.3 Å². The normalized spacial score (nSPS) is 12.0. The molecule has 6 nitrogen and oxygen atoms in total. The average molecular weight is 406 g/mol. The number of halogens is 2. The summed E-state index contributed by atoms with van der Waals surface area (Å²) in [6.45, 7) is 3.60. The topological polar surface area (TPSA) is 85.8 Å². The number of hydrogen-bond donors (Lipinski definition) is 2. The molecule has 27 heavy (non-hydrogen) atoms. The van der Waals surface area contributed by atoms with Gasteiger partial charge in [-0.15, -0.1) is 10.2 Å². The summed E-state index contributed by atoms with van der Waals surface area (Å²) in [6, 6.07) is 11.4. The number of nitrogens with two attached hydrogens (primary N) is 1. The maximum absolute atomic E-state index is 13.9. The Morgan fingerprint density at radius 2 is 2.04 bits per heavy atom. The zero-order valence-electron chi connectivity index (χ0n) is 14.6. The molecule has 0 spiro atoms. The molecule has 0 bridgehead atoms. The highest BCUT2D eigenvalue weighted by Gasteiger charge is 2.21. The summed E-state index contributed by atoms with van der Waals surface area (Å²) in [5.74, 6) is 5.51. The fourth-order valence-electron chi connectivity index (χ4n) is 2.36. The molecule has 0 aliphatic carbocycles. The molecule has 1 atom stereocenters. The van der Waals surface area contributed by atoms with E-state index >= 15 is 0 Å². The Labute approximate surface area is 164 Å². The molecule has 0 radical (unpaired) electrons. The highest BCUT2D eigenvalue weighted by Crippen LogP contribution is 2.27. The van der Waals surface area contributed by atoms with Gasteiger partial charge in [0.2, 0.25) is 11.1 Å². The fourth-order valence-corrected chi connectivity index (χ4v) is 3.30. The predicted octanol–water partition coefficient (Wildman–Crippen LogP) is 3.88. The molecule has 9 heteroatoms. The Bertz CT molecular complexity index is 994. The first-order valence-corrected chi connectivity index (χ1v) is 9.31. The first kappa shape index (κ1) is 19.2. The Hall–Kier alpha value is -2.58. The van der Waals surface area contributed by atoms with E-state index in [4.69, 9.17) is 17.4 Å². The number of carbonyl (C=O) groups excluding carboxylic acids is 1. The summed E-state index contributed by atoms with van der Waals surface area (Å²) in [7, 11) is 0. The Balaban J connectivity index is 1.75. The highest BCUT2D eigenvalue weighted by atomic mass is 35.5. The zero-order valence-corrected chi connectivity index (χ0v) is 16.2. The van der Waals surface area contributed by atoms with Crippen LogP contribution >= 0.6 is 23.4 Å². The Morgan fingerprint density at radius 3 is 2.78 bits per heavy atom. The molecule has 3 rings (SSSR count). The van der Waals surface area contributed by atoms with Crippen LogP contribution in [0.15, 0.2) is 47.6 Å². The molecule has 0 fully saturated rings. The number of rotatable bonds is 5. The second-order valence-corrected chi connectivity index (χ2v) is 7.61. The number of nitrogens with zero attached hydrogens (tertiary/aromatic N) is 3. The molecule has 0 saturated carbocycles. The lowest BCUT2D eigenvalue weighted by Crippen LogP contribution is -2.24. The van der Waals surface area contributed by atoms with Crippen LogP contribution in [0.25, 0.3) is 11.4 Å². The Kier molecular flexibility index (Phi) is 5.67. The largest absolute Gasteiger partial charge is 0.335 e. The maximum atomic E-state index is 13.9. The molecular formula is C18H17ClFN5OS. The summed E-state index contributed by atoms with van der Waals surface area (Å²) in [6.07, 6.45) is 0. The minimum Gasteiger partial charge on any atom is -0.335 e. The van der Waals surface area contributed by atoms with Crippen molar-refractivity contribution >= 4 is 35.0 Å². The molecule has 1 heterocycles. The molecule has 0 saturated heterocycles. The molecule has 0 unspecified atom stereocenters. The molecule has 0 aliphatic heterocycles. The second-order valence-electron chi connectivity index (χ2n) is 5.86. The van der Waals surface area contributed by atoms with E-state index in [1.807, 2.05) is 13.0 Å². The zero-order chi connectivity index (χ0) is 19.6. The number of aromatic nitrogens is 3. The van der Waals surface area contributed by atoms with Crippen molar-refractivity contribution in [3.63, 3.8) is 0 Å². The van der Waals surface area contributed by atoms with Gasteiger partial charge in [-0.25, -0.2) is 9.07 Å². The van der Waals surface area contributed by atoms with Crippen molar-refractivity contribution in [2.24, 2.45) is 0 Å². The number of anilines is 1. The third kappa shape index (κ3) is 4.23. The highest BCUT2D eigenvalue weighted by molar-refractivity contribution is 8.00. The monoisotopic (exact) mass is 405 g/mol. The molecule has 140 valence electrons. The third-order valence-electron chi connectivity index (χ3n) is 3.89. The maximum Gasteiger partial charge on any atom is 0.237 e. The van der Waals surface area contributed by atoms with E-state index in [1.54, 1.807) is 37.3 Å². The van der Waals surface area contributed by atoms with Crippen molar-refractivity contribution in [3.05, 3.63) is 58.9 Å². The summed E-state index contributed by atoms with van der Waals surface area (Å²) in [5, 5.41) is 11.1. The van der Waals surface area contributed by atoms with Crippen LogP contribution in [-0.4, -0.2) is 26.0 Å². The molecular weight excluding hydrogens is 389 g/mol. The summed E-state index contributed by atoms with van der Waals surface area (Å²) >= 11 is 7.10. The predicted molar refractivity (Wildman–Crippen MR) is 106 cm³/mol. The van der Waals surface area contributed by atoms with Crippen LogP contribution in [-0.2, 0) is 4.79 Å². The lowest BCUT2D eigenvalue weighted by atomic mass is 10.2. The molecule has 0 aliphatic rings. The van der Waals surface area contributed by atoms with Crippen molar-refractivity contribution in [1.82, 2.24) is 14.9 Å². The first-order valence-electron chi connectivity index (χ1n) is 8.06. The lowest BCUT2D eigenvalue weighted by Gasteiger charge is -2.13. The smallest absolute Gasteiger partial charge is 0.237 e. The van der Waals surface area contributed by atoms with Gasteiger partial charge in [0.15, 0.2) is 5.82 Å². The summed E-state index contributed by atoms with van der Waals surface area (Å²) in [5.41, 5.74) is 1.78. The number of hydrogen-bond acceptors (Lipinski definition) is 5. The van der Waals surface area contributed by atoms with Crippen LogP contribution in [0.4, 0.5) is 10.1 Å². The van der Waals surface area contributed by atoms with Gasteiger partial charge in [0, 0.05) is 10.7 Å². The number of carbonyl (C=O) groups is 1. The van der Waals surface area contributed by atoms with Crippen LogP contribution in [0.5, 0.6) is 0 Å². The van der Waals surface area contributed by atoms with Crippen LogP contribution in [0.2, 0.25) is 5.02 Å². The van der Waals surface area contributed by atoms with Gasteiger partial charge in [-0.05, 0) is 43.7 Å². The van der Waals surface area contributed by atoms with Crippen LogP contribution in [0.3, 0.4) is 0 Å². The van der Waals surface area contributed by atoms with Crippen LogP contribution < -0.4 is 11.2 Å². The van der Waals surface area contributed by atoms with Gasteiger partial charge in [0.1, 0.15) is 5.82 Å². The SMILES string of the molecule is Cc1ccc(Cl)cc1NC(=O)[C@H](C)Sc1nnc(-c2ccccc2F)n1N. The van der Waals surface area contributed by atoms with E-state index in [1.165, 1.54) is 10.7 Å². The number of nitrogens with one attached hydrogen (secondary N) is 1. The molecule has 2 aromatic carbocycles. The van der Waals surface area contributed by atoms with E-state index < -0.39 is 11.1 Å². The van der Waals surface area contributed by atoms with Crippen LogP contribution in [0.1, 0.15) is 12.5 Å². The second kappa shape index (κ2) is 7.98. The van der Waals surface area contributed by atoms with Crippen molar-refractivity contribution in [1.29, 1.82) is 0 Å². The summed E-state index contributed by atoms with van der Waals surface area (Å²) < 4.78 is 15.1. The number of amides is 1. The van der Waals surface area contributed by atoms with E-state index in [0.717, 1.165) is 17.3 Å². The Morgan fingerprint density at radius 1 is 1.30 bits per heavy atom. The summed E-state index contributed by atoms with van der Waals surface area (Å²) in [4.78, 5) is 12.5. The molecule has 3 aromatic rings. The number of nitrogen functional groups attached to an aromatic ring is 1. The van der Waals surface area contributed by atoms with Gasteiger partial charge in [-0.1, -0.05) is 41.6 Å². The molecule has 1 amide bonds. The van der Waals surface area contributed by atoms with Crippen molar-refractivity contribution < 1.29 is 9.18 Å². The standard InChI is InChI=1S/C18H17ClFN5OS/c1-10-7-8-12(19)9-15(10)22-17(26)11(2)27-18-24-23-16(25(18)21)13-5-3-4-6-14(13)20/h3-9,11H,21H2,1-2H3,(H,22,26)/t11-/m0/s1. The first-order chi connectivity index (χ1) is 12.9. The van der Waals surface area contributed by atoms with Gasteiger partial charge in [-0.2, -0.15) is 0 Å². The quantitative estimate of drug-likeness (QED) is 0.497. The third-order valence-corrected chi connectivity index (χ3v) is 5.18. The fraction of sp³-hybridized carbons (Fsp3) is 0.167. The van der Waals surface area contributed by atoms with E-state index in [9.17, 15) is 9.18 Å². The van der Waals surface area contributed by atoms with E-state index in [-0.39, 0.29) is 17.3 Å². The minimum atomic E-state index is -0.511. The van der Waals surface area contributed by atoms with Gasteiger partial charge >= 0.3 is 0 Å². The van der Waals surface area contributed by atoms with Crippen molar-refractivity contribution in [3.8, 4) is 11.4 Å². The number of thioether (sulfide) groups is 1. The number of aryl methyl sites for hydroxylation is 1. The lowest BCUT2D eigenvalue weighted by molar-refractivity contribution is -0.115. The van der Waals surface area contributed by atoms with Gasteiger partial charge in [0.05, 0.1) is 10.8 Å². The van der Waals surface area contributed by atoms with Gasteiger partial charge in [-0.3, -0.25) is 4.79 Å². The van der Waals surface area contributed by atoms with Crippen LogP contribution in [0, 0.1) is 12.7 Å². The van der Waals surface area contributed by atoms with Crippen molar-refractivity contribution in [2.75, 3.05) is 11.2 Å². The van der Waals surface area contributed by atoms with Gasteiger partial charge in [0.25, 0.3) is 0 Å². The van der Waals surface area contributed by atoms with E-state index in [0.29, 0.717) is 15.9 Å². The van der Waals surface area contributed by atoms with E-state index in [2.05, 4.69) is 15.5 Å². The average Bonchev–Trinajstić information content (AvgIpc) is 2.99. The molecule has 1 aromatic heterocycles. The number of benzene rings is 2. The van der Waals surface area contributed by atoms with Gasteiger partial charge < -0.3 is 11.2 Å². The minimum absolute atomic E-state index is 0.189.